The zero-order chi connectivity index (χ0) is 47.2. The van der Waals surface area contributed by atoms with Gasteiger partial charge in [0.1, 0.15) is 13.2 Å². The SMILES string of the molecule is CC\C=C/C=C\C=C/C=C\C=C/CCCCCC(=O)OCC(COC(=O)CCCCC/C=C\C/C=C\C/C=C\C/C=C\CC)OC(=O)CCCCC/C=C\C=C/CCCCCCCCC. The molecular weight excluding hydrogens is 805 g/mol. The third-order valence-corrected chi connectivity index (χ3v) is 10.3. The summed E-state index contributed by atoms with van der Waals surface area (Å²) in [6.07, 6.45) is 72.9. The molecule has 0 aliphatic heterocycles. The molecule has 0 N–H and O–H groups in total. The Hall–Kier alpha value is -4.45. The van der Waals surface area contributed by atoms with Crippen molar-refractivity contribution in [1.29, 1.82) is 0 Å². The van der Waals surface area contributed by atoms with Gasteiger partial charge in [-0.2, -0.15) is 0 Å². The van der Waals surface area contributed by atoms with Crippen LogP contribution in [0.4, 0.5) is 0 Å². The summed E-state index contributed by atoms with van der Waals surface area (Å²) in [5, 5.41) is 0. The Morgan fingerprint density at radius 2 is 0.677 bits per heavy atom. The lowest BCUT2D eigenvalue weighted by molar-refractivity contribution is -0.167. The van der Waals surface area contributed by atoms with Crippen molar-refractivity contribution in [2.75, 3.05) is 13.2 Å². The van der Waals surface area contributed by atoms with Crippen LogP contribution in [0, 0.1) is 0 Å². The Kier molecular flexibility index (Phi) is 48.6. The molecule has 0 aliphatic rings. The van der Waals surface area contributed by atoms with E-state index in [2.05, 4.69) is 106 Å². The molecule has 6 heteroatoms. The van der Waals surface area contributed by atoms with Gasteiger partial charge in [-0.3, -0.25) is 14.4 Å². The van der Waals surface area contributed by atoms with E-state index >= 15 is 0 Å². The molecule has 0 bridgehead atoms. The number of ether oxygens (including phenoxy) is 3. The van der Waals surface area contributed by atoms with Crippen LogP contribution in [-0.2, 0) is 28.6 Å². The van der Waals surface area contributed by atoms with Crippen molar-refractivity contribution < 1.29 is 28.6 Å². The largest absolute Gasteiger partial charge is 0.462 e. The van der Waals surface area contributed by atoms with Crippen LogP contribution >= 0.6 is 0 Å². The Labute approximate surface area is 398 Å². The van der Waals surface area contributed by atoms with Crippen molar-refractivity contribution in [2.45, 2.75) is 207 Å². The first-order chi connectivity index (χ1) is 32.0. The molecule has 65 heavy (non-hydrogen) atoms. The van der Waals surface area contributed by atoms with Crippen LogP contribution < -0.4 is 0 Å². The number of rotatable bonds is 44. The van der Waals surface area contributed by atoms with Crippen LogP contribution in [-0.4, -0.2) is 37.2 Å². The van der Waals surface area contributed by atoms with Crippen molar-refractivity contribution in [3.8, 4) is 0 Å². The fraction of sp³-hybridized carbons (Fsp3) is 0.576. The second kappa shape index (κ2) is 52.2. The maximum atomic E-state index is 12.8. The molecule has 0 aliphatic carbocycles. The van der Waals surface area contributed by atoms with Gasteiger partial charge in [-0.25, -0.2) is 0 Å². The highest BCUT2D eigenvalue weighted by atomic mass is 16.6. The maximum Gasteiger partial charge on any atom is 0.306 e. The number of carbonyl (C=O) groups is 3. The Bertz CT molecular complexity index is 1450. The molecule has 0 aromatic heterocycles. The molecule has 364 valence electrons. The molecule has 0 amide bonds. The highest BCUT2D eigenvalue weighted by Gasteiger charge is 2.19. The summed E-state index contributed by atoms with van der Waals surface area (Å²) in [5.41, 5.74) is 0. The van der Waals surface area contributed by atoms with Crippen molar-refractivity contribution in [1.82, 2.24) is 0 Å². The van der Waals surface area contributed by atoms with Gasteiger partial charge >= 0.3 is 17.9 Å². The summed E-state index contributed by atoms with van der Waals surface area (Å²) in [6.45, 7) is 6.26. The average molecular weight is 897 g/mol. The highest BCUT2D eigenvalue weighted by molar-refractivity contribution is 5.71. The van der Waals surface area contributed by atoms with Crippen LogP contribution in [0.2, 0.25) is 0 Å². The molecule has 0 spiro atoms. The van der Waals surface area contributed by atoms with Crippen LogP contribution in [0.25, 0.3) is 0 Å². The van der Waals surface area contributed by atoms with Crippen LogP contribution in [0.1, 0.15) is 201 Å². The van der Waals surface area contributed by atoms with Gasteiger partial charge in [-0.15, -0.1) is 0 Å². The zero-order valence-electron chi connectivity index (χ0n) is 41.4. The number of unbranched alkanes of at least 4 members (excludes halogenated alkanes) is 16. The van der Waals surface area contributed by atoms with E-state index in [1.165, 1.54) is 44.9 Å². The van der Waals surface area contributed by atoms with E-state index in [0.29, 0.717) is 19.3 Å². The number of hydrogen-bond acceptors (Lipinski definition) is 6. The van der Waals surface area contributed by atoms with E-state index in [4.69, 9.17) is 14.2 Å². The molecular formula is C59H92O6. The first-order valence-corrected chi connectivity index (χ1v) is 25.8. The summed E-state index contributed by atoms with van der Waals surface area (Å²) in [4.78, 5) is 38.0. The topological polar surface area (TPSA) is 78.9 Å². The number of carbonyl (C=O) groups excluding carboxylic acids is 3. The lowest BCUT2D eigenvalue weighted by atomic mass is 10.1. The van der Waals surface area contributed by atoms with Gasteiger partial charge in [-0.05, 0) is 103 Å². The predicted molar refractivity (Wildman–Crippen MR) is 279 cm³/mol. The van der Waals surface area contributed by atoms with Gasteiger partial charge in [0.05, 0.1) is 0 Å². The molecule has 0 saturated carbocycles. The summed E-state index contributed by atoms with van der Waals surface area (Å²) in [6, 6.07) is 0. The predicted octanol–water partition coefficient (Wildman–Crippen LogP) is 17.1. The fourth-order valence-corrected chi connectivity index (χ4v) is 6.44. The maximum absolute atomic E-state index is 12.8. The van der Waals surface area contributed by atoms with Crippen molar-refractivity contribution in [3.05, 3.63) is 134 Å². The lowest BCUT2D eigenvalue weighted by Gasteiger charge is -2.18. The van der Waals surface area contributed by atoms with Gasteiger partial charge in [-0.1, -0.05) is 212 Å². The second-order valence-electron chi connectivity index (χ2n) is 16.5. The fourth-order valence-electron chi connectivity index (χ4n) is 6.44. The minimum Gasteiger partial charge on any atom is -0.462 e. The van der Waals surface area contributed by atoms with E-state index in [0.717, 1.165) is 109 Å². The molecule has 0 radical (unpaired) electrons. The smallest absolute Gasteiger partial charge is 0.306 e. The van der Waals surface area contributed by atoms with Gasteiger partial charge in [0, 0.05) is 19.3 Å². The minimum atomic E-state index is -0.828. The molecule has 0 aromatic rings. The van der Waals surface area contributed by atoms with Gasteiger partial charge < -0.3 is 14.2 Å². The zero-order valence-corrected chi connectivity index (χ0v) is 41.4. The minimum absolute atomic E-state index is 0.124. The van der Waals surface area contributed by atoms with E-state index in [1.54, 1.807) is 0 Å². The summed E-state index contributed by atoms with van der Waals surface area (Å²) in [7, 11) is 0. The van der Waals surface area contributed by atoms with E-state index in [-0.39, 0.29) is 37.5 Å². The summed E-state index contributed by atoms with van der Waals surface area (Å²) >= 11 is 0. The van der Waals surface area contributed by atoms with Gasteiger partial charge in [0.2, 0.25) is 0 Å². The van der Waals surface area contributed by atoms with Crippen LogP contribution in [0.3, 0.4) is 0 Å². The monoisotopic (exact) mass is 897 g/mol. The van der Waals surface area contributed by atoms with Gasteiger partial charge in [0.15, 0.2) is 6.10 Å². The molecule has 0 fully saturated rings. The molecule has 0 rings (SSSR count). The first kappa shape index (κ1) is 60.5. The highest BCUT2D eigenvalue weighted by Crippen LogP contribution is 2.12. The van der Waals surface area contributed by atoms with Crippen molar-refractivity contribution in [3.63, 3.8) is 0 Å². The van der Waals surface area contributed by atoms with E-state index in [9.17, 15) is 14.4 Å². The Balaban J connectivity index is 4.60. The van der Waals surface area contributed by atoms with Crippen LogP contribution in [0.15, 0.2) is 134 Å². The Morgan fingerprint density at radius 3 is 1.14 bits per heavy atom. The molecule has 0 aromatic carbocycles. The van der Waals surface area contributed by atoms with E-state index in [1.807, 2.05) is 48.6 Å². The molecule has 1 unspecified atom stereocenters. The quantitative estimate of drug-likeness (QED) is 0.0199. The summed E-state index contributed by atoms with van der Waals surface area (Å²) < 4.78 is 16.7. The van der Waals surface area contributed by atoms with Crippen molar-refractivity contribution in [2.24, 2.45) is 0 Å². The Morgan fingerprint density at radius 1 is 0.338 bits per heavy atom. The summed E-state index contributed by atoms with van der Waals surface area (Å²) in [5.74, 6) is -1.03. The first-order valence-electron chi connectivity index (χ1n) is 25.8. The molecule has 6 nitrogen and oxygen atoms in total. The molecule has 0 saturated heterocycles. The standard InChI is InChI=1S/C59H92O6/c1-4-7-10-13-16-19-22-25-28-31-34-37-40-43-46-49-52-58(61)64-55-56(54-63-57(60)51-48-45-42-39-36-33-30-27-24-21-18-15-12-9-6-3)65-59(62)53-50-47-44-41-38-35-32-29-26-23-20-17-14-11-8-5-2/h7,9-10,12,15-16,18-19,21,24-25,27-30,32-38,56H,4-6,8,11,13-14,17,20,22-23,26,31,39-55H2,1-3H3/b10-7-,12-9-,18-15-,19-16-,24-21-,28-25-,30-27-,32-29-,36-33-,37-34-,38-35-. The molecule has 1 atom stereocenters. The number of hydrogen-bond donors (Lipinski definition) is 0. The van der Waals surface area contributed by atoms with Gasteiger partial charge in [0.25, 0.3) is 0 Å². The number of allylic oxidation sites excluding steroid dienone is 22. The second-order valence-corrected chi connectivity index (χ2v) is 16.5. The van der Waals surface area contributed by atoms with Crippen molar-refractivity contribution >= 4 is 17.9 Å². The van der Waals surface area contributed by atoms with E-state index < -0.39 is 6.10 Å². The average Bonchev–Trinajstić information content (AvgIpc) is 3.30. The third kappa shape index (κ3) is 50.4. The normalized spacial score (nSPS) is 13.2. The van der Waals surface area contributed by atoms with Crippen LogP contribution in [0.5, 0.6) is 0 Å². The lowest BCUT2D eigenvalue weighted by Crippen LogP contribution is -2.30. The third-order valence-electron chi connectivity index (χ3n) is 10.3. The molecule has 0 heterocycles. The number of esters is 3.